The lowest BCUT2D eigenvalue weighted by molar-refractivity contribution is 0.206. The van der Waals surface area contributed by atoms with Crippen molar-refractivity contribution in [1.82, 2.24) is 4.98 Å². The van der Waals surface area contributed by atoms with E-state index in [1.807, 2.05) is 24.9 Å². The number of aryl methyl sites for hydroxylation is 1. The first kappa shape index (κ1) is 11.9. The summed E-state index contributed by atoms with van der Waals surface area (Å²) in [7, 11) is 3.66. The number of likely N-dealkylation sites (N-methyl/N-ethyl adjacent to an activating group) is 1. The molecule has 0 aliphatic heterocycles. The Kier molecular flexibility index (Phi) is 4.52. The number of hydrogen-bond donors (Lipinski definition) is 1. The molecular weight excluding hydrogens is 192 g/mol. The standard InChI is InChI=1S/C11H18N2O2/c1-9-6-10(8-14)7-12-11(9)13(2)4-5-15-3/h6-7,14H,4-5,8H2,1-3H3. The van der Waals surface area contributed by atoms with E-state index in [4.69, 9.17) is 9.84 Å². The van der Waals surface area contributed by atoms with Gasteiger partial charge in [-0.2, -0.15) is 0 Å². The second kappa shape index (κ2) is 5.68. The number of hydrogen-bond acceptors (Lipinski definition) is 4. The van der Waals surface area contributed by atoms with Gasteiger partial charge in [0.05, 0.1) is 13.2 Å². The van der Waals surface area contributed by atoms with Crippen LogP contribution in [-0.2, 0) is 11.3 Å². The van der Waals surface area contributed by atoms with Crippen LogP contribution in [0, 0.1) is 6.92 Å². The summed E-state index contributed by atoms with van der Waals surface area (Å²) >= 11 is 0. The molecule has 0 amide bonds. The molecule has 0 aliphatic carbocycles. The molecule has 84 valence electrons. The summed E-state index contributed by atoms with van der Waals surface area (Å²) < 4.78 is 5.01. The number of nitrogens with zero attached hydrogens (tertiary/aromatic N) is 2. The van der Waals surface area contributed by atoms with Crippen molar-refractivity contribution in [3.8, 4) is 0 Å². The molecule has 0 bridgehead atoms. The van der Waals surface area contributed by atoms with Gasteiger partial charge in [-0.3, -0.25) is 0 Å². The van der Waals surface area contributed by atoms with Gasteiger partial charge in [-0.15, -0.1) is 0 Å². The van der Waals surface area contributed by atoms with Gasteiger partial charge in [-0.1, -0.05) is 0 Å². The van der Waals surface area contributed by atoms with E-state index >= 15 is 0 Å². The lowest BCUT2D eigenvalue weighted by atomic mass is 10.2. The molecule has 0 saturated carbocycles. The number of methoxy groups -OCH3 is 1. The third-order valence-corrected chi connectivity index (χ3v) is 2.28. The van der Waals surface area contributed by atoms with Crippen molar-refractivity contribution in [2.75, 3.05) is 32.2 Å². The predicted octanol–water partition coefficient (Wildman–Crippen LogP) is 0.965. The van der Waals surface area contributed by atoms with Gasteiger partial charge in [0.15, 0.2) is 0 Å². The van der Waals surface area contributed by atoms with Crippen LogP contribution in [0.5, 0.6) is 0 Å². The highest BCUT2D eigenvalue weighted by atomic mass is 16.5. The van der Waals surface area contributed by atoms with E-state index in [1.54, 1.807) is 13.3 Å². The Balaban J connectivity index is 2.76. The van der Waals surface area contributed by atoms with Gasteiger partial charge in [0.1, 0.15) is 5.82 Å². The van der Waals surface area contributed by atoms with Crippen LogP contribution in [0.15, 0.2) is 12.3 Å². The van der Waals surface area contributed by atoms with Crippen LogP contribution in [0.1, 0.15) is 11.1 Å². The quantitative estimate of drug-likeness (QED) is 0.786. The zero-order chi connectivity index (χ0) is 11.3. The third-order valence-electron chi connectivity index (χ3n) is 2.28. The van der Waals surface area contributed by atoms with Crippen LogP contribution in [0.25, 0.3) is 0 Å². The Bertz CT molecular complexity index is 315. The van der Waals surface area contributed by atoms with E-state index in [0.717, 1.165) is 23.5 Å². The zero-order valence-corrected chi connectivity index (χ0v) is 9.53. The summed E-state index contributed by atoms with van der Waals surface area (Å²) in [6.45, 7) is 3.52. The third kappa shape index (κ3) is 3.18. The van der Waals surface area contributed by atoms with E-state index in [9.17, 15) is 0 Å². The zero-order valence-electron chi connectivity index (χ0n) is 9.53. The first-order valence-electron chi connectivity index (χ1n) is 4.95. The molecule has 0 aromatic carbocycles. The summed E-state index contributed by atoms with van der Waals surface area (Å²) in [4.78, 5) is 6.35. The normalized spacial score (nSPS) is 10.4. The van der Waals surface area contributed by atoms with Crippen molar-refractivity contribution in [2.24, 2.45) is 0 Å². The van der Waals surface area contributed by atoms with Gasteiger partial charge in [0, 0.05) is 26.9 Å². The largest absolute Gasteiger partial charge is 0.392 e. The molecule has 15 heavy (non-hydrogen) atoms. The Morgan fingerprint density at radius 2 is 2.27 bits per heavy atom. The van der Waals surface area contributed by atoms with Gasteiger partial charge in [0.25, 0.3) is 0 Å². The molecule has 0 spiro atoms. The molecular formula is C11H18N2O2. The van der Waals surface area contributed by atoms with Crippen LogP contribution < -0.4 is 4.90 Å². The number of ether oxygens (including phenoxy) is 1. The first-order chi connectivity index (χ1) is 7.19. The smallest absolute Gasteiger partial charge is 0.131 e. The van der Waals surface area contributed by atoms with Crippen LogP contribution in [0.2, 0.25) is 0 Å². The number of aromatic nitrogens is 1. The van der Waals surface area contributed by atoms with E-state index in [2.05, 4.69) is 4.98 Å². The second-order valence-electron chi connectivity index (χ2n) is 3.56. The average Bonchev–Trinajstić information content (AvgIpc) is 2.25. The van der Waals surface area contributed by atoms with E-state index in [-0.39, 0.29) is 6.61 Å². The summed E-state index contributed by atoms with van der Waals surface area (Å²) in [5, 5.41) is 8.96. The molecule has 1 aromatic rings. The fourth-order valence-electron chi connectivity index (χ4n) is 1.45. The summed E-state index contributed by atoms with van der Waals surface area (Å²) in [6.07, 6.45) is 1.70. The summed E-state index contributed by atoms with van der Waals surface area (Å²) in [6, 6.07) is 1.95. The topological polar surface area (TPSA) is 45.6 Å². The SMILES string of the molecule is COCCN(C)c1ncc(CO)cc1C. The Labute approximate surface area is 90.5 Å². The minimum Gasteiger partial charge on any atom is -0.392 e. The summed E-state index contributed by atoms with van der Waals surface area (Å²) in [5.41, 5.74) is 1.91. The minimum absolute atomic E-state index is 0.0376. The highest BCUT2D eigenvalue weighted by Crippen LogP contribution is 2.16. The minimum atomic E-state index is 0.0376. The highest BCUT2D eigenvalue weighted by molar-refractivity contribution is 5.46. The van der Waals surface area contributed by atoms with Gasteiger partial charge >= 0.3 is 0 Å². The van der Waals surface area contributed by atoms with Crippen molar-refractivity contribution >= 4 is 5.82 Å². The van der Waals surface area contributed by atoms with E-state index in [1.165, 1.54) is 0 Å². The molecule has 0 aliphatic rings. The lowest BCUT2D eigenvalue weighted by Gasteiger charge is -2.19. The van der Waals surface area contributed by atoms with Crippen molar-refractivity contribution in [2.45, 2.75) is 13.5 Å². The molecule has 4 nitrogen and oxygen atoms in total. The number of aliphatic hydroxyl groups is 1. The Morgan fingerprint density at radius 3 is 2.80 bits per heavy atom. The van der Waals surface area contributed by atoms with Crippen molar-refractivity contribution < 1.29 is 9.84 Å². The maximum atomic E-state index is 8.96. The molecule has 0 saturated heterocycles. The number of anilines is 1. The molecule has 1 aromatic heterocycles. The van der Waals surface area contributed by atoms with E-state index in [0.29, 0.717) is 6.61 Å². The number of rotatable bonds is 5. The first-order valence-corrected chi connectivity index (χ1v) is 4.95. The maximum Gasteiger partial charge on any atom is 0.131 e. The van der Waals surface area contributed by atoms with Crippen LogP contribution in [0.4, 0.5) is 5.82 Å². The van der Waals surface area contributed by atoms with Crippen molar-refractivity contribution in [3.63, 3.8) is 0 Å². The van der Waals surface area contributed by atoms with E-state index < -0.39 is 0 Å². The monoisotopic (exact) mass is 210 g/mol. The fraction of sp³-hybridized carbons (Fsp3) is 0.545. The molecule has 1 rings (SSSR count). The highest BCUT2D eigenvalue weighted by Gasteiger charge is 2.06. The van der Waals surface area contributed by atoms with Crippen LogP contribution in [0.3, 0.4) is 0 Å². The predicted molar refractivity (Wildman–Crippen MR) is 60.0 cm³/mol. The molecule has 0 fully saturated rings. The molecule has 0 unspecified atom stereocenters. The molecule has 1 heterocycles. The van der Waals surface area contributed by atoms with Gasteiger partial charge in [-0.05, 0) is 24.1 Å². The molecule has 1 N–H and O–H groups in total. The maximum absolute atomic E-state index is 8.96. The Hall–Kier alpha value is -1.13. The molecule has 0 radical (unpaired) electrons. The van der Waals surface area contributed by atoms with Gasteiger partial charge in [-0.25, -0.2) is 4.98 Å². The van der Waals surface area contributed by atoms with Gasteiger partial charge < -0.3 is 14.7 Å². The lowest BCUT2D eigenvalue weighted by Crippen LogP contribution is -2.23. The number of pyridine rings is 1. The fourth-order valence-corrected chi connectivity index (χ4v) is 1.45. The second-order valence-corrected chi connectivity index (χ2v) is 3.56. The van der Waals surface area contributed by atoms with Gasteiger partial charge in [0.2, 0.25) is 0 Å². The molecule has 4 heteroatoms. The number of aliphatic hydroxyl groups excluding tert-OH is 1. The van der Waals surface area contributed by atoms with Crippen LogP contribution in [-0.4, -0.2) is 37.4 Å². The van der Waals surface area contributed by atoms with Crippen molar-refractivity contribution in [1.29, 1.82) is 0 Å². The molecule has 0 atom stereocenters. The summed E-state index contributed by atoms with van der Waals surface area (Å²) in [5.74, 6) is 0.934. The van der Waals surface area contributed by atoms with Crippen molar-refractivity contribution in [3.05, 3.63) is 23.4 Å². The Morgan fingerprint density at radius 1 is 1.53 bits per heavy atom. The van der Waals surface area contributed by atoms with Crippen LogP contribution >= 0.6 is 0 Å². The average molecular weight is 210 g/mol.